The first-order chi connectivity index (χ1) is 16.2. The fraction of sp³-hybridized carbons (Fsp3) is 0.192. The van der Waals surface area contributed by atoms with E-state index in [1.54, 1.807) is 0 Å². The Morgan fingerprint density at radius 2 is 1.85 bits per heavy atom. The molecular formula is C26H24ClN3O4. The van der Waals surface area contributed by atoms with Gasteiger partial charge >= 0.3 is 5.97 Å². The molecule has 0 spiro atoms. The Morgan fingerprint density at radius 1 is 1.09 bits per heavy atom. The van der Waals surface area contributed by atoms with E-state index in [-0.39, 0.29) is 34.4 Å². The number of aromatic carboxylic acids is 1. The molecule has 2 N–H and O–H groups in total. The summed E-state index contributed by atoms with van der Waals surface area (Å²) in [4.78, 5) is 29.4. The van der Waals surface area contributed by atoms with Crippen molar-refractivity contribution in [2.24, 2.45) is 0 Å². The molecule has 1 amide bonds. The molecule has 0 fully saturated rings. The molecule has 7 nitrogen and oxygen atoms in total. The van der Waals surface area contributed by atoms with Crippen molar-refractivity contribution in [1.82, 2.24) is 9.38 Å². The van der Waals surface area contributed by atoms with Crippen LogP contribution in [0, 0.1) is 20.8 Å². The fourth-order valence-electron chi connectivity index (χ4n) is 3.87. The third-order valence-electron chi connectivity index (χ3n) is 5.85. The maximum absolute atomic E-state index is 13.1. The average molecular weight is 478 g/mol. The highest BCUT2D eigenvalue weighted by Crippen LogP contribution is 2.32. The zero-order valence-corrected chi connectivity index (χ0v) is 20.0. The van der Waals surface area contributed by atoms with Crippen LogP contribution in [0.25, 0.3) is 16.9 Å². The van der Waals surface area contributed by atoms with Gasteiger partial charge in [-0.2, -0.15) is 0 Å². The molecule has 0 saturated carbocycles. The summed E-state index contributed by atoms with van der Waals surface area (Å²) in [5.41, 5.74) is 6.68. The number of carbonyl (C=O) groups is 2. The van der Waals surface area contributed by atoms with E-state index >= 15 is 0 Å². The first kappa shape index (κ1) is 23.3. The topological polar surface area (TPSA) is 92.9 Å². The van der Waals surface area contributed by atoms with Crippen molar-refractivity contribution in [3.05, 3.63) is 81.6 Å². The van der Waals surface area contributed by atoms with E-state index < -0.39 is 5.97 Å². The largest absolute Gasteiger partial charge is 0.496 e. The number of carboxylic acid groups (broad SMARTS) is 1. The van der Waals surface area contributed by atoms with Crippen LogP contribution in [-0.4, -0.2) is 33.5 Å². The average Bonchev–Trinajstić information content (AvgIpc) is 3.16. The predicted molar refractivity (Wildman–Crippen MR) is 132 cm³/mol. The quantitative estimate of drug-likeness (QED) is 0.384. The zero-order valence-electron chi connectivity index (χ0n) is 19.3. The molecule has 0 atom stereocenters. The Balaban J connectivity index is 1.73. The van der Waals surface area contributed by atoms with Crippen molar-refractivity contribution in [2.45, 2.75) is 27.2 Å². The minimum Gasteiger partial charge on any atom is -0.496 e. The number of ether oxygens (including phenoxy) is 1. The molecule has 0 aliphatic carbocycles. The Bertz CT molecular complexity index is 1440. The number of pyridine rings is 1. The van der Waals surface area contributed by atoms with Crippen LogP contribution in [0.3, 0.4) is 0 Å². The van der Waals surface area contributed by atoms with Gasteiger partial charge in [-0.1, -0.05) is 29.8 Å². The molecule has 2 aromatic carbocycles. The SMILES string of the molecule is COc1cc(NC(=O)Cc2c(-c3ccc(C)c(C)c3)nc3c(C)cccn23)c(Cl)cc1C(=O)O. The number of nitrogens with one attached hydrogen (secondary N) is 1. The molecule has 0 aliphatic heterocycles. The number of amides is 1. The number of anilines is 1. The van der Waals surface area contributed by atoms with E-state index in [0.717, 1.165) is 33.7 Å². The van der Waals surface area contributed by atoms with E-state index in [1.165, 1.54) is 24.8 Å². The second-order valence-electron chi connectivity index (χ2n) is 8.15. The first-order valence-electron chi connectivity index (χ1n) is 10.6. The summed E-state index contributed by atoms with van der Waals surface area (Å²) >= 11 is 6.25. The van der Waals surface area contributed by atoms with Crippen LogP contribution in [0.1, 0.15) is 32.7 Å². The van der Waals surface area contributed by atoms with Crippen LogP contribution in [-0.2, 0) is 11.2 Å². The number of aryl methyl sites for hydroxylation is 3. The van der Waals surface area contributed by atoms with Gasteiger partial charge in [0.05, 0.1) is 35.6 Å². The number of nitrogens with zero attached hydrogens (tertiary/aromatic N) is 2. The van der Waals surface area contributed by atoms with Gasteiger partial charge in [0.25, 0.3) is 0 Å². The van der Waals surface area contributed by atoms with E-state index in [9.17, 15) is 14.7 Å². The smallest absolute Gasteiger partial charge is 0.339 e. The maximum atomic E-state index is 13.1. The van der Waals surface area contributed by atoms with Crippen LogP contribution in [0.4, 0.5) is 5.69 Å². The van der Waals surface area contributed by atoms with Gasteiger partial charge in [0.15, 0.2) is 0 Å². The summed E-state index contributed by atoms with van der Waals surface area (Å²) in [6, 6.07) is 12.7. The number of rotatable bonds is 6. The lowest BCUT2D eigenvalue weighted by Gasteiger charge is -2.12. The van der Waals surface area contributed by atoms with Gasteiger partial charge in [0.1, 0.15) is 17.0 Å². The van der Waals surface area contributed by atoms with Crippen LogP contribution >= 0.6 is 11.6 Å². The highest BCUT2D eigenvalue weighted by molar-refractivity contribution is 6.34. The highest BCUT2D eigenvalue weighted by atomic mass is 35.5. The molecule has 2 aromatic heterocycles. The monoisotopic (exact) mass is 477 g/mol. The number of aromatic nitrogens is 2. The van der Waals surface area contributed by atoms with Gasteiger partial charge in [0, 0.05) is 17.8 Å². The highest BCUT2D eigenvalue weighted by Gasteiger charge is 2.20. The molecule has 0 bridgehead atoms. The third-order valence-corrected chi connectivity index (χ3v) is 6.16. The molecule has 0 radical (unpaired) electrons. The lowest BCUT2D eigenvalue weighted by Crippen LogP contribution is -2.17. The number of carboxylic acids is 1. The van der Waals surface area contributed by atoms with Crippen molar-refractivity contribution in [3.63, 3.8) is 0 Å². The van der Waals surface area contributed by atoms with Crippen LogP contribution in [0.5, 0.6) is 5.75 Å². The Labute approximate surface area is 202 Å². The molecule has 0 unspecified atom stereocenters. The molecule has 0 aliphatic rings. The summed E-state index contributed by atoms with van der Waals surface area (Å²) in [6.07, 6.45) is 1.92. The van der Waals surface area contributed by atoms with Gasteiger partial charge in [-0.05, 0) is 55.7 Å². The summed E-state index contributed by atoms with van der Waals surface area (Å²) < 4.78 is 7.08. The van der Waals surface area contributed by atoms with Crippen LogP contribution in [0.2, 0.25) is 5.02 Å². The molecule has 4 aromatic rings. The van der Waals surface area contributed by atoms with Crippen molar-refractivity contribution >= 4 is 34.8 Å². The molecule has 34 heavy (non-hydrogen) atoms. The Kier molecular flexibility index (Phi) is 6.30. The summed E-state index contributed by atoms with van der Waals surface area (Å²) in [5.74, 6) is -1.38. The first-order valence-corrected chi connectivity index (χ1v) is 11.0. The number of hydrogen-bond donors (Lipinski definition) is 2. The van der Waals surface area contributed by atoms with Crippen molar-refractivity contribution in [2.75, 3.05) is 12.4 Å². The second-order valence-corrected chi connectivity index (χ2v) is 8.56. The van der Waals surface area contributed by atoms with E-state index in [4.69, 9.17) is 21.3 Å². The lowest BCUT2D eigenvalue weighted by molar-refractivity contribution is -0.115. The third kappa shape index (κ3) is 4.34. The zero-order chi connectivity index (χ0) is 24.6. The van der Waals surface area contributed by atoms with Gasteiger partial charge in [-0.15, -0.1) is 0 Å². The van der Waals surface area contributed by atoms with E-state index in [1.807, 2.05) is 48.7 Å². The second kappa shape index (κ2) is 9.19. The molecule has 8 heteroatoms. The standard InChI is InChI=1S/C26H24ClN3O4/c1-14-7-8-17(10-16(14)3)24-21(30-9-5-6-15(2)25(30)29-24)13-23(31)28-20-12-22(34-4)18(26(32)33)11-19(20)27/h5-12H,13H2,1-4H3,(H,28,31)(H,32,33). The minimum absolute atomic E-state index is 0.0339. The summed E-state index contributed by atoms with van der Waals surface area (Å²) in [7, 11) is 1.36. The van der Waals surface area contributed by atoms with Crippen molar-refractivity contribution in [1.29, 1.82) is 0 Å². The molecule has 0 saturated heterocycles. The fourth-order valence-corrected chi connectivity index (χ4v) is 4.08. The van der Waals surface area contributed by atoms with E-state index in [2.05, 4.69) is 18.3 Å². The van der Waals surface area contributed by atoms with Gasteiger partial charge in [-0.25, -0.2) is 9.78 Å². The Morgan fingerprint density at radius 3 is 2.53 bits per heavy atom. The number of benzene rings is 2. The number of fused-ring (bicyclic) bond motifs is 1. The Hall–Kier alpha value is -3.84. The maximum Gasteiger partial charge on any atom is 0.339 e. The number of halogens is 1. The van der Waals surface area contributed by atoms with E-state index in [0.29, 0.717) is 0 Å². The number of imidazole rings is 1. The number of carbonyl (C=O) groups excluding carboxylic acids is 1. The number of methoxy groups -OCH3 is 1. The van der Waals surface area contributed by atoms with Gasteiger partial charge < -0.3 is 19.6 Å². The van der Waals surface area contributed by atoms with Crippen molar-refractivity contribution in [3.8, 4) is 17.0 Å². The lowest BCUT2D eigenvalue weighted by atomic mass is 10.0. The molecule has 174 valence electrons. The van der Waals surface area contributed by atoms with Gasteiger partial charge in [0.2, 0.25) is 5.91 Å². The molecular weight excluding hydrogens is 454 g/mol. The molecule has 4 rings (SSSR count). The predicted octanol–water partition coefficient (Wildman–Crippen LogP) is 5.47. The number of hydrogen-bond acceptors (Lipinski definition) is 4. The summed E-state index contributed by atoms with van der Waals surface area (Å²) in [6.45, 7) is 6.07. The van der Waals surface area contributed by atoms with Gasteiger partial charge in [-0.3, -0.25) is 4.79 Å². The van der Waals surface area contributed by atoms with Crippen molar-refractivity contribution < 1.29 is 19.4 Å². The normalized spacial score (nSPS) is 11.0. The van der Waals surface area contributed by atoms with Crippen LogP contribution < -0.4 is 10.1 Å². The molecule has 2 heterocycles. The minimum atomic E-state index is -1.17. The summed E-state index contributed by atoms with van der Waals surface area (Å²) in [5, 5.41) is 12.2. The van der Waals surface area contributed by atoms with Crippen LogP contribution in [0.15, 0.2) is 48.7 Å².